The lowest BCUT2D eigenvalue weighted by atomic mass is 10.1. The van der Waals surface area contributed by atoms with Crippen LogP contribution in [0.25, 0.3) is 0 Å². The van der Waals surface area contributed by atoms with E-state index in [1.807, 2.05) is 12.1 Å². The maximum absolute atomic E-state index is 14.3. The van der Waals surface area contributed by atoms with Gasteiger partial charge in [0.05, 0.1) is 12.2 Å². The minimum atomic E-state index is -0.597. The number of hydrogen-bond acceptors (Lipinski definition) is 3. The Morgan fingerprint density at radius 3 is 2.20 bits per heavy atom. The fourth-order valence-corrected chi connectivity index (χ4v) is 3.27. The summed E-state index contributed by atoms with van der Waals surface area (Å²) >= 11 is 0. The van der Waals surface area contributed by atoms with Crippen molar-refractivity contribution in [3.63, 3.8) is 0 Å². The lowest BCUT2D eigenvalue weighted by molar-refractivity contribution is 0.0727. The van der Waals surface area contributed by atoms with E-state index in [1.165, 1.54) is 56.2 Å². The maximum atomic E-state index is 14.3. The highest BCUT2D eigenvalue weighted by Crippen LogP contribution is 2.24. The first-order chi connectivity index (χ1) is 14.6. The predicted octanol–water partition coefficient (Wildman–Crippen LogP) is 7.52. The SMILES string of the molecule is CCCCCCCCOc1ccc(OC(=O)c2ccc(CCCCC)cc2)c(F)c1. The van der Waals surface area contributed by atoms with Crippen molar-refractivity contribution < 1.29 is 18.7 Å². The number of ether oxygens (including phenoxy) is 2. The van der Waals surface area contributed by atoms with Crippen molar-refractivity contribution in [2.45, 2.75) is 78.1 Å². The number of carbonyl (C=O) groups excluding carboxylic acids is 1. The van der Waals surface area contributed by atoms with Crippen LogP contribution in [0, 0.1) is 5.82 Å². The van der Waals surface area contributed by atoms with E-state index in [4.69, 9.17) is 9.47 Å². The van der Waals surface area contributed by atoms with Crippen LogP contribution >= 0.6 is 0 Å². The number of halogens is 1. The molecular formula is C26H35FO3. The summed E-state index contributed by atoms with van der Waals surface area (Å²) in [5, 5.41) is 0. The number of hydrogen-bond donors (Lipinski definition) is 0. The number of unbranched alkanes of at least 4 members (excludes halogenated alkanes) is 7. The minimum absolute atomic E-state index is 0.0843. The second-order valence-electron chi connectivity index (χ2n) is 7.75. The second kappa shape index (κ2) is 13.8. The van der Waals surface area contributed by atoms with Gasteiger partial charge in [0.15, 0.2) is 11.6 Å². The molecule has 0 atom stereocenters. The zero-order valence-electron chi connectivity index (χ0n) is 18.4. The van der Waals surface area contributed by atoms with Crippen LogP contribution in [0.5, 0.6) is 11.5 Å². The van der Waals surface area contributed by atoms with Crippen LogP contribution in [-0.2, 0) is 6.42 Å². The van der Waals surface area contributed by atoms with Gasteiger partial charge in [0.1, 0.15) is 5.75 Å². The first-order valence-corrected chi connectivity index (χ1v) is 11.4. The van der Waals surface area contributed by atoms with Crippen LogP contribution in [-0.4, -0.2) is 12.6 Å². The fourth-order valence-electron chi connectivity index (χ4n) is 3.27. The summed E-state index contributed by atoms with van der Waals surface area (Å²) in [6.07, 6.45) is 11.6. The summed E-state index contributed by atoms with van der Waals surface area (Å²) in [5.41, 5.74) is 1.61. The Morgan fingerprint density at radius 2 is 1.50 bits per heavy atom. The van der Waals surface area contributed by atoms with Gasteiger partial charge in [-0.3, -0.25) is 0 Å². The van der Waals surface area contributed by atoms with E-state index < -0.39 is 11.8 Å². The third-order valence-electron chi connectivity index (χ3n) is 5.13. The van der Waals surface area contributed by atoms with Crippen LogP contribution < -0.4 is 9.47 Å². The first kappa shape index (κ1) is 23.9. The van der Waals surface area contributed by atoms with Crippen LogP contribution in [0.15, 0.2) is 42.5 Å². The number of rotatable bonds is 14. The van der Waals surface area contributed by atoms with Gasteiger partial charge in [-0.15, -0.1) is 0 Å². The summed E-state index contributed by atoms with van der Waals surface area (Å²) in [6.45, 7) is 4.94. The van der Waals surface area contributed by atoms with Crippen LogP contribution in [0.4, 0.5) is 4.39 Å². The second-order valence-corrected chi connectivity index (χ2v) is 7.75. The van der Waals surface area contributed by atoms with Gasteiger partial charge >= 0.3 is 5.97 Å². The number of carbonyl (C=O) groups is 1. The van der Waals surface area contributed by atoms with Crippen LogP contribution in [0.2, 0.25) is 0 Å². The first-order valence-electron chi connectivity index (χ1n) is 11.4. The molecule has 0 heterocycles. The molecule has 0 aromatic heterocycles. The molecule has 0 saturated carbocycles. The lowest BCUT2D eigenvalue weighted by Gasteiger charge is -2.09. The van der Waals surface area contributed by atoms with Crippen molar-refractivity contribution in [2.75, 3.05) is 6.61 Å². The molecule has 0 amide bonds. The van der Waals surface area contributed by atoms with Crippen molar-refractivity contribution >= 4 is 5.97 Å². The Kier molecular flexibility index (Phi) is 11.0. The summed E-state index contributed by atoms with van der Waals surface area (Å²) in [5.74, 6) is -0.786. The fraction of sp³-hybridized carbons (Fsp3) is 0.500. The highest BCUT2D eigenvalue weighted by atomic mass is 19.1. The molecule has 0 unspecified atom stereocenters. The van der Waals surface area contributed by atoms with Gasteiger partial charge in [0.2, 0.25) is 0 Å². The zero-order chi connectivity index (χ0) is 21.6. The molecule has 164 valence electrons. The quantitative estimate of drug-likeness (QED) is 0.182. The standard InChI is InChI=1S/C26H35FO3/c1-3-5-7-8-9-11-19-29-23-17-18-25(24(27)20-23)30-26(28)22-15-13-21(14-16-22)12-10-6-4-2/h13-18,20H,3-12,19H2,1-2H3. The average molecular weight is 415 g/mol. The van der Waals surface area contributed by atoms with Crippen molar-refractivity contribution in [1.29, 1.82) is 0 Å². The molecule has 0 fully saturated rings. The largest absolute Gasteiger partial charge is 0.493 e. The third kappa shape index (κ3) is 8.56. The molecule has 4 heteroatoms. The molecule has 0 saturated heterocycles. The molecule has 0 aliphatic heterocycles. The highest BCUT2D eigenvalue weighted by molar-refractivity contribution is 5.91. The molecule has 3 nitrogen and oxygen atoms in total. The van der Waals surface area contributed by atoms with Crippen molar-refractivity contribution in [3.05, 3.63) is 59.4 Å². The monoisotopic (exact) mass is 414 g/mol. The van der Waals surface area contributed by atoms with Gasteiger partial charge in [0, 0.05) is 6.07 Å². The Bertz CT molecular complexity index is 755. The van der Waals surface area contributed by atoms with E-state index in [0.29, 0.717) is 17.9 Å². The van der Waals surface area contributed by atoms with E-state index in [-0.39, 0.29) is 5.75 Å². The van der Waals surface area contributed by atoms with Crippen molar-refractivity contribution in [3.8, 4) is 11.5 Å². The Labute approximate surface area is 180 Å². The van der Waals surface area contributed by atoms with Gasteiger partial charge in [-0.25, -0.2) is 9.18 Å². The third-order valence-corrected chi connectivity index (χ3v) is 5.13. The molecule has 0 bridgehead atoms. The summed E-state index contributed by atoms with van der Waals surface area (Å²) in [7, 11) is 0. The zero-order valence-corrected chi connectivity index (χ0v) is 18.4. The number of benzene rings is 2. The smallest absolute Gasteiger partial charge is 0.343 e. The molecule has 2 rings (SSSR count). The summed E-state index contributed by atoms with van der Waals surface area (Å²) in [4.78, 5) is 12.3. The molecular weight excluding hydrogens is 379 g/mol. The Hall–Kier alpha value is -2.36. The molecule has 0 aliphatic rings. The van der Waals surface area contributed by atoms with Gasteiger partial charge in [-0.1, -0.05) is 70.9 Å². The van der Waals surface area contributed by atoms with E-state index in [2.05, 4.69) is 13.8 Å². The molecule has 0 spiro atoms. The highest BCUT2D eigenvalue weighted by Gasteiger charge is 2.13. The van der Waals surface area contributed by atoms with Crippen LogP contribution in [0.1, 0.15) is 87.6 Å². The molecule has 0 radical (unpaired) electrons. The van der Waals surface area contributed by atoms with Crippen LogP contribution in [0.3, 0.4) is 0 Å². The molecule has 0 aliphatic carbocycles. The van der Waals surface area contributed by atoms with E-state index >= 15 is 0 Å². The normalized spacial score (nSPS) is 10.8. The van der Waals surface area contributed by atoms with E-state index in [1.54, 1.807) is 18.2 Å². The predicted molar refractivity (Wildman–Crippen MR) is 120 cm³/mol. The van der Waals surface area contributed by atoms with Crippen molar-refractivity contribution in [2.24, 2.45) is 0 Å². The average Bonchev–Trinajstić information content (AvgIpc) is 2.75. The topological polar surface area (TPSA) is 35.5 Å². The van der Waals surface area contributed by atoms with E-state index in [0.717, 1.165) is 25.7 Å². The minimum Gasteiger partial charge on any atom is -0.493 e. The molecule has 0 N–H and O–H groups in total. The van der Waals surface area contributed by atoms with Crippen molar-refractivity contribution in [1.82, 2.24) is 0 Å². The molecule has 30 heavy (non-hydrogen) atoms. The summed E-state index contributed by atoms with van der Waals surface area (Å²) < 4.78 is 25.2. The molecule has 2 aromatic carbocycles. The number of aryl methyl sites for hydroxylation is 1. The van der Waals surface area contributed by atoms with Gasteiger partial charge < -0.3 is 9.47 Å². The Morgan fingerprint density at radius 1 is 0.833 bits per heavy atom. The van der Waals surface area contributed by atoms with Gasteiger partial charge in [-0.05, 0) is 49.1 Å². The van der Waals surface area contributed by atoms with E-state index in [9.17, 15) is 9.18 Å². The van der Waals surface area contributed by atoms with Gasteiger partial charge in [-0.2, -0.15) is 0 Å². The Balaban J connectivity index is 1.80. The maximum Gasteiger partial charge on any atom is 0.343 e. The lowest BCUT2D eigenvalue weighted by Crippen LogP contribution is -2.09. The van der Waals surface area contributed by atoms with Gasteiger partial charge in [0.25, 0.3) is 0 Å². The number of esters is 1. The molecule has 2 aromatic rings. The summed E-state index contributed by atoms with van der Waals surface area (Å²) in [6, 6.07) is 11.7.